The van der Waals surface area contributed by atoms with Crippen LogP contribution in [0.3, 0.4) is 0 Å². The molecule has 3 aliphatic rings. The van der Waals surface area contributed by atoms with Gasteiger partial charge >= 0.3 is 0 Å². The average molecular weight is 315 g/mol. The molecule has 23 heavy (non-hydrogen) atoms. The summed E-state index contributed by atoms with van der Waals surface area (Å²) in [6, 6.07) is 0.213. The van der Waals surface area contributed by atoms with Crippen molar-refractivity contribution in [2.24, 2.45) is 0 Å². The second-order valence-electron chi connectivity index (χ2n) is 7.06. The van der Waals surface area contributed by atoms with Crippen molar-refractivity contribution in [1.82, 2.24) is 25.2 Å². The standard InChI is InChI=1S/C16H21N5O2/c1-3-10(4-1)16-19-18-13(22-16)9-21-8-2-5-12(21)14-17-15(23-20-14)11-6-7-11/h10-12H,1-9H2. The molecule has 2 saturated carbocycles. The zero-order valence-corrected chi connectivity index (χ0v) is 13.1. The summed E-state index contributed by atoms with van der Waals surface area (Å²) in [4.78, 5) is 6.95. The van der Waals surface area contributed by atoms with Gasteiger partial charge in [-0.15, -0.1) is 10.2 Å². The SMILES string of the molecule is C1CC(c2nnc(CN3CCCC3c3noc(C4CC4)n3)o2)C1. The lowest BCUT2D eigenvalue weighted by atomic mass is 9.85. The summed E-state index contributed by atoms with van der Waals surface area (Å²) >= 11 is 0. The first-order valence-corrected chi connectivity index (χ1v) is 8.76. The molecule has 5 rings (SSSR count). The van der Waals surface area contributed by atoms with Gasteiger partial charge in [0.15, 0.2) is 5.82 Å². The van der Waals surface area contributed by atoms with Crippen LogP contribution in [0.4, 0.5) is 0 Å². The molecule has 1 atom stereocenters. The van der Waals surface area contributed by atoms with Gasteiger partial charge in [0.25, 0.3) is 0 Å². The summed E-state index contributed by atoms with van der Waals surface area (Å²) in [6.07, 6.45) is 8.21. The highest BCUT2D eigenvalue weighted by molar-refractivity contribution is 5.05. The summed E-state index contributed by atoms with van der Waals surface area (Å²) in [7, 11) is 0. The second kappa shape index (κ2) is 5.40. The van der Waals surface area contributed by atoms with Gasteiger partial charge in [0.1, 0.15) is 0 Å². The van der Waals surface area contributed by atoms with Gasteiger partial charge in [-0.2, -0.15) is 4.98 Å². The fraction of sp³-hybridized carbons (Fsp3) is 0.750. The highest BCUT2D eigenvalue weighted by Crippen LogP contribution is 2.40. The molecule has 2 aromatic heterocycles. The van der Waals surface area contributed by atoms with Crippen LogP contribution in [0, 0.1) is 0 Å². The Morgan fingerprint density at radius 1 is 0.957 bits per heavy atom. The molecule has 7 nitrogen and oxygen atoms in total. The van der Waals surface area contributed by atoms with E-state index in [1.807, 2.05) is 0 Å². The lowest BCUT2D eigenvalue weighted by molar-refractivity contribution is 0.206. The van der Waals surface area contributed by atoms with Crippen molar-refractivity contribution in [1.29, 1.82) is 0 Å². The van der Waals surface area contributed by atoms with Gasteiger partial charge in [0.2, 0.25) is 17.7 Å². The minimum Gasteiger partial charge on any atom is -0.424 e. The number of aromatic nitrogens is 4. The number of hydrogen-bond acceptors (Lipinski definition) is 7. The summed E-state index contributed by atoms with van der Waals surface area (Å²) in [6.45, 7) is 1.69. The van der Waals surface area contributed by atoms with Crippen molar-refractivity contribution in [3.05, 3.63) is 23.5 Å². The number of rotatable bonds is 5. The summed E-state index contributed by atoms with van der Waals surface area (Å²) in [5.74, 6) is 4.17. The third-order valence-corrected chi connectivity index (χ3v) is 5.32. The van der Waals surface area contributed by atoms with E-state index >= 15 is 0 Å². The molecular formula is C16H21N5O2. The molecule has 1 saturated heterocycles. The van der Waals surface area contributed by atoms with Crippen molar-refractivity contribution >= 4 is 0 Å². The summed E-state index contributed by atoms with van der Waals surface area (Å²) in [5.41, 5.74) is 0. The Hall–Kier alpha value is -1.76. The van der Waals surface area contributed by atoms with Gasteiger partial charge in [-0.25, -0.2) is 0 Å². The Balaban J connectivity index is 1.29. The maximum absolute atomic E-state index is 5.86. The average Bonchev–Trinajstić information content (AvgIpc) is 2.89. The normalized spacial score (nSPS) is 25.8. The highest BCUT2D eigenvalue weighted by atomic mass is 16.5. The van der Waals surface area contributed by atoms with Crippen LogP contribution in [0.5, 0.6) is 0 Å². The zero-order chi connectivity index (χ0) is 15.2. The lowest BCUT2D eigenvalue weighted by Gasteiger charge is -2.21. The van der Waals surface area contributed by atoms with Crippen LogP contribution in [0.1, 0.15) is 86.3 Å². The van der Waals surface area contributed by atoms with Crippen molar-refractivity contribution < 1.29 is 8.94 Å². The molecule has 2 aliphatic carbocycles. The maximum Gasteiger partial charge on any atom is 0.230 e. The van der Waals surface area contributed by atoms with E-state index in [1.165, 1.54) is 32.1 Å². The van der Waals surface area contributed by atoms with Crippen LogP contribution in [-0.2, 0) is 6.54 Å². The Morgan fingerprint density at radius 3 is 2.61 bits per heavy atom. The Morgan fingerprint density at radius 2 is 1.83 bits per heavy atom. The Bertz CT molecular complexity index is 688. The van der Waals surface area contributed by atoms with E-state index in [4.69, 9.17) is 8.94 Å². The molecule has 0 bridgehead atoms. The zero-order valence-electron chi connectivity index (χ0n) is 13.1. The molecule has 7 heteroatoms. The van der Waals surface area contributed by atoms with Gasteiger partial charge in [0, 0.05) is 11.8 Å². The first kappa shape index (κ1) is 13.7. The smallest absolute Gasteiger partial charge is 0.230 e. The summed E-state index contributed by atoms with van der Waals surface area (Å²) in [5, 5.41) is 12.7. The molecule has 3 heterocycles. The van der Waals surface area contributed by atoms with Crippen molar-refractivity contribution in [2.75, 3.05) is 6.54 Å². The van der Waals surface area contributed by atoms with Gasteiger partial charge in [-0.1, -0.05) is 11.6 Å². The maximum atomic E-state index is 5.86. The molecule has 122 valence electrons. The molecule has 0 spiro atoms. The lowest BCUT2D eigenvalue weighted by Crippen LogP contribution is -2.23. The van der Waals surface area contributed by atoms with Crippen LogP contribution in [0.15, 0.2) is 8.94 Å². The molecule has 0 aromatic carbocycles. The minimum absolute atomic E-state index is 0.213. The van der Waals surface area contributed by atoms with Gasteiger partial charge in [0.05, 0.1) is 12.6 Å². The predicted molar refractivity (Wildman–Crippen MR) is 79.5 cm³/mol. The van der Waals surface area contributed by atoms with E-state index in [9.17, 15) is 0 Å². The summed E-state index contributed by atoms with van der Waals surface area (Å²) < 4.78 is 11.3. The van der Waals surface area contributed by atoms with Gasteiger partial charge < -0.3 is 8.94 Å². The van der Waals surface area contributed by atoms with Crippen LogP contribution in [0.2, 0.25) is 0 Å². The van der Waals surface area contributed by atoms with E-state index in [0.29, 0.717) is 24.3 Å². The largest absolute Gasteiger partial charge is 0.424 e. The Labute approximate surface area is 134 Å². The molecule has 0 N–H and O–H groups in total. The van der Waals surface area contributed by atoms with E-state index in [1.54, 1.807) is 0 Å². The Kier molecular flexibility index (Phi) is 3.21. The van der Waals surface area contributed by atoms with E-state index in [-0.39, 0.29) is 6.04 Å². The molecule has 1 unspecified atom stereocenters. The molecule has 3 fully saturated rings. The molecule has 2 aromatic rings. The fourth-order valence-electron chi connectivity index (χ4n) is 3.51. The topological polar surface area (TPSA) is 81.1 Å². The van der Waals surface area contributed by atoms with Gasteiger partial charge in [-0.05, 0) is 45.1 Å². The van der Waals surface area contributed by atoms with E-state index in [2.05, 4.69) is 25.2 Å². The third kappa shape index (κ3) is 2.56. The third-order valence-electron chi connectivity index (χ3n) is 5.32. The number of hydrogen-bond donors (Lipinski definition) is 0. The number of nitrogens with zero attached hydrogens (tertiary/aromatic N) is 5. The monoisotopic (exact) mass is 315 g/mol. The predicted octanol–water partition coefficient (Wildman–Crippen LogP) is 2.93. The molecular weight excluding hydrogens is 294 g/mol. The van der Waals surface area contributed by atoms with Crippen molar-refractivity contribution in [3.63, 3.8) is 0 Å². The molecule has 0 amide bonds. The fourth-order valence-corrected chi connectivity index (χ4v) is 3.51. The van der Waals surface area contributed by atoms with Crippen LogP contribution in [0.25, 0.3) is 0 Å². The molecule has 1 aliphatic heterocycles. The van der Waals surface area contributed by atoms with Crippen LogP contribution < -0.4 is 0 Å². The van der Waals surface area contributed by atoms with Crippen molar-refractivity contribution in [2.45, 2.75) is 69.4 Å². The van der Waals surface area contributed by atoms with Crippen LogP contribution in [-0.4, -0.2) is 31.8 Å². The first-order chi connectivity index (χ1) is 11.4. The second-order valence-corrected chi connectivity index (χ2v) is 7.06. The van der Waals surface area contributed by atoms with E-state index in [0.717, 1.165) is 37.0 Å². The minimum atomic E-state index is 0.213. The first-order valence-electron chi connectivity index (χ1n) is 8.76. The highest BCUT2D eigenvalue weighted by Gasteiger charge is 2.35. The number of likely N-dealkylation sites (tertiary alicyclic amines) is 1. The van der Waals surface area contributed by atoms with Crippen molar-refractivity contribution in [3.8, 4) is 0 Å². The molecule has 0 radical (unpaired) electrons. The van der Waals surface area contributed by atoms with Gasteiger partial charge in [-0.3, -0.25) is 4.90 Å². The van der Waals surface area contributed by atoms with E-state index < -0.39 is 0 Å². The van der Waals surface area contributed by atoms with Crippen LogP contribution >= 0.6 is 0 Å². The quantitative estimate of drug-likeness (QED) is 0.839.